The molecule has 0 fully saturated rings. The Morgan fingerprint density at radius 3 is 1.64 bits per heavy atom. The molecule has 0 N–H and O–H groups in total. The van der Waals surface area contributed by atoms with Crippen LogP contribution in [0.5, 0.6) is 0 Å². The number of fused-ring (bicyclic) bond motifs is 6. The summed E-state index contributed by atoms with van der Waals surface area (Å²) in [4.78, 5) is 14.1. The molecule has 0 saturated carbocycles. The van der Waals surface area contributed by atoms with E-state index in [0.29, 0.717) is 5.82 Å². The predicted octanol–water partition coefficient (Wildman–Crippen LogP) is 7.12. The molecule has 0 aliphatic rings. The molecule has 0 radical (unpaired) electrons. The summed E-state index contributed by atoms with van der Waals surface area (Å²) in [6.45, 7) is 0. The van der Waals surface area contributed by atoms with Crippen LogP contribution >= 0.6 is 0 Å². The highest BCUT2D eigenvalue weighted by atomic mass is 15.2. The maximum Gasteiger partial charge on any atom is 0.182 e. The summed E-state index contributed by atoms with van der Waals surface area (Å²) < 4.78 is 0. The Bertz CT molecular complexity index is 1860. The van der Waals surface area contributed by atoms with Crippen LogP contribution in [-0.2, 0) is 0 Å². The monoisotopic (exact) mass is 461 g/mol. The van der Waals surface area contributed by atoms with E-state index in [1.165, 1.54) is 11.1 Å². The first-order valence-electron chi connectivity index (χ1n) is 11.8. The Balaban J connectivity index is 1.38. The zero-order chi connectivity index (χ0) is 23.9. The summed E-state index contributed by atoms with van der Waals surface area (Å²) >= 11 is 0. The average Bonchev–Trinajstić information content (AvgIpc) is 2.98. The lowest BCUT2D eigenvalue weighted by atomic mass is 9.98. The van der Waals surface area contributed by atoms with Gasteiger partial charge in [0.2, 0.25) is 0 Å². The van der Waals surface area contributed by atoms with Gasteiger partial charge in [-0.1, -0.05) is 66.7 Å². The Labute approximate surface area is 207 Å². The van der Waals surface area contributed by atoms with Crippen molar-refractivity contribution in [3.63, 3.8) is 0 Å². The molecule has 0 unspecified atom stereocenters. The molecule has 0 aliphatic heterocycles. The topological polar surface area (TPSA) is 64.5 Å². The van der Waals surface area contributed by atoms with Crippen LogP contribution in [0.1, 0.15) is 0 Å². The number of hydrogen-bond donors (Lipinski definition) is 0. The van der Waals surface area contributed by atoms with Gasteiger partial charge in [0.15, 0.2) is 5.82 Å². The number of aromatic nitrogens is 5. The van der Waals surface area contributed by atoms with Crippen LogP contribution in [0.2, 0.25) is 0 Å². The Morgan fingerprint density at radius 1 is 0.389 bits per heavy atom. The predicted molar refractivity (Wildman–Crippen MR) is 144 cm³/mol. The Hall–Kier alpha value is -5.03. The van der Waals surface area contributed by atoms with E-state index in [1.807, 2.05) is 42.5 Å². The molecular formula is C31H19N5. The van der Waals surface area contributed by atoms with Gasteiger partial charge in [-0.15, -0.1) is 10.2 Å². The van der Waals surface area contributed by atoms with Crippen LogP contribution in [-0.4, -0.2) is 25.1 Å². The summed E-state index contributed by atoms with van der Waals surface area (Å²) in [6.07, 6.45) is 3.56. The molecule has 7 rings (SSSR count). The SMILES string of the molecule is c1ccc(-c2cccc(-c3cccc(-c4nnc5c6cccnc6c6ncccc6c5n4)c3)c2)cc1. The van der Waals surface area contributed by atoms with E-state index >= 15 is 0 Å². The molecule has 36 heavy (non-hydrogen) atoms. The first-order chi connectivity index (χ1) is 17.8. The summed E-state index contributed by atoms with van der Waals surface area (Å²) in [6, 6.07) is 35.1. The van der Waals surface area contributed by atoms with E-state index in [-0.39, 0.29) is 0 Å². The minimum absolute atomic E-state index is 0.581. The van der Waals surface area contributed by atoms with Crippen LogP contribution in [0, 0.1) is 0 Å². The van der Waals surface area contributed by atoms with E-state index in [4.69, 9.17) is 4.98 Å². The number of benzene rings is 4. The molecule has 0 bridgehead atoms. The first-order valence-corrected chi connectivity index (χ1v) is 11.8. The van der Waals surface area contributed by atoms with Gasteiger partial charge in [-0.25, -0.2) is 4.98 Å². The lowest BCUT2D eigenvalue weighted by Gasteiger charge is -2.09. The molecule has 0 saturated heterocycles. The fourth-order valence-corrected chi connectivity index (χ4v) is 4.73. The van der Waals surface area contributed by atoms with Crippen LogP contribution < -0.4 is 0 Å². The smallest absolute Gasteiger partial charge is 0.182 e. The standard InChI is InChI=1S/C31H19N5/c1-2-8-20(9-3-1)21-10-4-11-22(18-21)23-12-5-13-24(19-23)31-34-29-25-14-6-16-32-27(25)28-26(15-7-17-33-28)30(29)35-36-31/h1-19H. The van der Waals surface area contributed by atoms with Crippen molar-refractivity contribution >= 4 is 32.8 Å². The van der Waals surface area contributed by atoms with Crippen molar-refractivity contribution in [2.75, 3.05) is 0 Å². The molecule has 3 aromatic heterocycles. The van der Waals surface area contributed by atoms with Crippen molar-refractivity contribution in [3.8, 4) is 33.6 Å². The zero-order valence-electron chi connectivity index (χ0n) is 19.2. The number of hydrogen-bond acceptors (Lipinski definition) is 5. The molecule has 3 heterocycles. The Morgan fingerprint density at radius 2 is 0.944 bits per heavy atom. The molecule has 5 heteroatoms. The van der Waals surface area contributed by atoms with Crippen molar-refractivity contribution in [1.82, 2.24) is 25.1 Å². The van der Waals surface area contributed by atoms with Crippen molar-refractivity contribution in [2.24, 2.45) is 0 Å². The molecule has 0 aliphatic carbocycles. The summed E-state index contributed by atoms with van der Waals surface area (Å²) in [5.41, 5.74) is 8.66. The fourth-order valence-electron chi connectivity index (χ4n) is 4.73. The third-order valence-corrected chi connectivity index (χ3v) is 6.46. The molecule has 5 nitrogen and oxygen atoms in total. The van der Waals surface area contributed by atoms with Gasteiger partial charge in [0.05, 0.1) is 11.0 Å². The zero-order valence-corrected chi connectivity index (χ0v) is 19.2. The molecule has 7 aromatic rings. The summed E-state index contributed by atoms with van der Waals surface area (Å²) in [7, 11) is 0. The quantitative estimate of drug-likeness (QED) is 0.262. The van der Waals surface area contributed by atoms with E-state index in [0.717, 1.165) is 49.5 Å². The van der Waals surface area contributed by atoms with E-state index in [1.54, 1.807) is 12.4 Å². The van der Waals surface area contributed by atoms with Gasteiger partial charge in [0, 0.05) is 28.7 Å². The highest BCUT2D eigenvalue weighted by Gasteiger charge is 2.15. The maximum absolute atomic E-state index is 4.98. The first kappa shape index (κ1) is 20.4. The molecule has 0 atom stereocenters. The van der Waals surface area contributed by atoms with Crippen LogP contribution in [0.4, 0.5) is 0 Å². The van der Waals surface area contributed by atoms with Crippen molar-refractivity contribution in [2.45, 2.75) is 0 Å². The largest absolute Gasteiger partial charge is 0.254 e. The normalized spacial score (nSPS) is 11.3. The van der Waals surface area contributed by atoms with Crippen molar-refractivity contribution in [1.29, 1.82) is 0 Å². The molecule has 168 valence electrons. The maximum atomic E-state index is 4.98. The van der Waals surface area contributed by atoms with Gasteiger partial charge in [0.25, 0.3) is 0 Å². The third kappa shape index (κ3) is 3.37. The van der Waals surface area contributed by atoms with E-state index in [2.05, 4.69) is 80.8 Å². The summed E-state index contributed by atoms with van der Waals surface area (Å²) in [5.74, 6) is 0.581. The van der Waals surface area contributed by atoms with E-state index in [9.17, 15) is 0 Å². The van der Waals surface area contributed by atoms with Gasteiger partial charge in [0.1, 0.15) is 11.0 Å². The highest BCUT2D eigenvalue weighted by Crippen LogP contribution is 2.32. The van der Waals surface area contributed by atoms with Gasteiger partial charge in [-0.2, -0.15) is 0 Å². The van der Waals surface area contributed by atoms with E-state index < -0.39 is 0 Å². The van der Waals surface area contributed by atoms with Gasteiger partial charge in [-0.05, 0) is 58.7 Å². The number of nitrogens with zero attached hydrogens (tertiary/aromatic N) is 5. The lowest BCUT2D eigenvalue weighted by molar-refractivity contribution is 1.04. The molecule has 0 spiro atoms. The van der Waals surface area contributed by atoms with Crippen molar-refractivity contribution < 1.29 is 0 Å². The average molecular weight is 462 g/mol. The van der Waals surface area contributed by atoms with Gasteiger partial charge in [-0.3, -0.25) is 9.97 Å². The van der Waals surface area contributed by atoms with Crippen LogP contribution in [0.3, 0.4) is 0 Å². The van der Waals surface area contributed by atoms with Gasteiger partial charge >= 0.3 is 0 Å². The van der Waals surface area contributed by atoms with Gasteiger partial charge < -0.3 is 0 Å². The second-order valence-corrected chi connectivity index (χ2v) is 8.66. The lowest BCUT2D eigenvalue weighted by Crippen LogP contribution is -1.97. The molecular weight excluding hydrogens is 442 g/mol. The molecule has 0 amide bonds. The molecule has 4 aromatic carbocycles. The highest BCUT2D eigenvalue weighted by molar-refractivity contribution is 6.20. The fraction of sp³-hybridized carbons (Fsp3) is 0. The second-order valence-electron chi connectivity index (χ2n) is 8.66. The second kappa shape index (κ2) is 8.32. The minimum Gasteiger partial charge on any atom is -0.254 e. The third-order valence-electron chi connectivity index (χ3n) is 6.46. The Kier molecular flexibility index (Phi) is 4.71. The number of pyridine rings is 2. The number of rotatable bonds is 3. The minimum atomic E-state index is 0.581. The summed E-state index contributed by atoms with van der Waals surface area (Å²) in [5, 5.41) is 11.0. The van der Waals surface area contributed by atoms with Crippen molar-refractivity contribution in [3.05, 3.63) is 116 Å². The van der Waals surface area contributed by atoms with Crippen LogP contribution in [0.15, 0.2) is 116 Å². The van der Waals surface area contributed by atoms with Crippen LogP contribution in [0.25, 0.3) is 66.5 Å².